The van der Waals surface area contributed by atoms with Crippen molar-refractivity contribution in [1.82, 2.24) is 25.0 Å². The molecule has 0 atom stereocenters. The molecule has 0 saturated heterocycles. The second-order valence-corrected chi connectivity index (χ2v) is 6.98. The number of ether oxygens (including phenoxy) is 1. The zero-order chi connectivity index (χ0) is 22.5. The van der Waals surface area contributed by atoms with Crippen LogP contribution in [0.2, 0.25) is 0 Å². The molecule has 1 amide bonds. The van der Waals surface area contributed by atoms with Gasteiger partial charge in [-0.05, 0) is 29.8 Å². The molecule has 0 aliphatic carbocycles. The Balaban J connectivity index is 1.84. The molecule has 0 saturated carbocycles. The summed E-state index contributed by atoms with van der Waals surface area (Å²) in [4.78, 5) is 39.2. The van der Waals surface area contributed by atoms with Crippen LogP contribution in [-0.4, -0.2) is 43.3 Å². The lowest BCUT2D eigenvalue weighted by molar-refractivity contribution is 0.102. The van der Waals surface area contributed by atoms with Gasteiger partial charge in [-0.3, -0.25) is 24.1 Å². The van der Waals surface area contributed by atoms with E-state index in [2.05, 4.69) is 25.9 Å². The highest BCUT2D eigenvalue weighted by Crippen LogP contribution is 2.20. The molecule has 32 heavy (non-hydrogen) atoms. The quantitative estimate of drug-likeness (QED) is 0.323. The zero-order valence-electron chi connectivity index (χ0n) is 17.2. The Hall–Kier alpha value is -4.34. The molecule has 4 aromatic rings. The van der Waals surface area contributed by atoms with Crippen molar-refractivity contribution in [3.05, 3.63) is 81.8 Å². The number of hydrogen-bond acceptors (Lipinski definition) is 7. The van der Waals surface area contributed by atoms with Crippen molar-refractivity contribution in [3.63, 3.8) is 0 Å². The smallest absolute Gasteiger partial charge is 0.270 e. The number of ketones is 1. The van der Waals surface area contributed by atoms with Gasteiger partial charge in [0.1, 0.15) is 11.3 Å². The standard InChI is InChI=1S/C22H20N6O4/c1-2-3-11-32-15-9-10-18-16(19(29)14-7-5-4-6-8-14)12-17(21(31)28(18)13-15)20(30)23-22-24-26-27-25-22/h4-10,12-13H,2-3,11H2,1H3,(H2,23,24,25,26,27,30). The summed E-state index contributed by atoms with van der Waals surface area (Å²) in [6.45, 7) is 2.54. The van der Waals surface area contributed by atoms with E-state index in [-0.39, 0.29) is 22.9 Å². The van der Waals surface area contributed by atoms with Crippen molar-refractivity contribution in [3.8, 4) is 5.75 Å². The van der Waals surface area contributed by atoms with Gasteiger partial charge in [0.15, 0.2) is 5.78 Å². The third-order valence-electron chi connectivity index (χ3n) is 4.80. The van der Waals surface area contributed by atoms with Crippen LogP contribution < -0.4 is 15.6 Å². The van der Waals surface area contributed by atoms with Gasteiger partial charge in [-0.25, -0.2) is 0 Å². The Labute approximate surface area is 182 Å². The lowest BCUT2D eigenvalue weighted by Crippen LogP contribution is -2.28. The van der Waals surface area contributed by atoms with Crippen molar-refractivity contribution in [2.24, 2.45) is 0 Å². The van der Waals surface area contributed by atoms with E-state index in [4.69, 9.17) is 4.74 Å². The monoisotopic (exact) mass is 432 g/mol. The molecule has 0 bridgehead atoms. The van der Waals surface area contributed by atoms with Gasteiger partial charge in [-0.15, -0.1) is 5.10 Å². The number of pyridine rings is 2. The molecule has 3 aromatic heterocycles. The molecule has 162 valence electrons. The van der Waals surface area contributed by atoms with Crippen LogP contribution in [0.3, 0.4) is 0 Å². The maximum Gasteiger partial charge on any atom is 0.270 e. The zero-order valence-corrected chi connectivity index (χ0v) is 17.2. The number of tetrazole rings is 1. The van der Waals surface area contributed by atoms with Crippen LogP contribution in [0.1, 0.15) is 46.0 Å². The van der Waals surface area contributed by atoms with Gasteiger partial charge >= 0.3 is 0 Å². The number of unbranched alkanes of at least 4 members (excludes halogenated alkanes) is 1. The molecule has 0 unspecified atom stereocenters. The number of nitrogens with one attached hydrogen (secondary N) is 2. The van der Waals surface area contributed by atoms with E-state index in [1.807, 2.05) is 6.92 Å². The number of carbonyl (C=O) groups excluding carboxylic acids is 2. The minimum absolute atomic E-state index is 0.0907. The molecule has 1 aromatic carbocycles. The second kappa shape index (κ2) is 9.21. The molecule has 10 nitrogen and oxygen atoms in total. The maximum atomic E-state index is 13.2. The molecular formula is C22H20N6O4. The van der Waals surface area contributed by atoms with Crippen molar-refractivity contribution < 1.29 is 14.3 Å². The number of amides is 1. The summed E-state index contributed by atoms with van der Waals surface area (Å²) in [5.41, 5.74) is 0.154. The topological polar surface area (TPSA) is 131 Å². The van der Waals surface area contributed by atoms with E-state index in [0.717, 1.165) is 12.8 Å². The Bertz CT molecular complexity index is 1320. The number of benzene rings is 1. The fourth-order valence-electron chi connectivity index (χ4n) is 3.17. The van der Waals surface area contributed by atoms with Crippen LogP contribution in [0.25, 0.3) is 5.52 Å². The Morgan fingerprint density at radius 2 is 1.94 bits per heavy atom. The average Bonchev–Trinajstić information content (AvgIpc) is 3.33. The predicted molar refractivity (Wildman–Crippen MR) is 116 cm³/mol. The van der Waals surface area contributed by atoms with E-state index in [1.54, 1.807) is 42.5 Å². The van der Waals surface area contributed by atoms with Gasteiger partial charge < -0.3 is 4.74 Å². The highest BCUT2D eigenvalue weighted by Gasteiger charge is 2.21. The van der Waals surface area contributed by atoms with Crippen LogP contribution in [0.15, 0.2) is 59.5 Å². The van der Waals surface area contributed by atoms with Gasteiger partial charge in [-0.1, -0.05) is 48.8 Å². The van der Waals surface area contributed by atoms with Gasteiger partial charge in [0.05, 0.1) is 18.3 Å². The minimum atomic E-state index is -0.759. The Morgan fingerprint density at radius 1 is 1.12 bits per heavy atom. The molecule has 2 N–H and O–H groups in total. The van der Waals surface area contributed by atoms with Crippen LogP contribution in [0.4, 0.5) is 5.95 Å². The molecule has 10 heteroatoms. The summed E-state index contributed by atoms with van der Waals surface area (Å²) in [5.74, 6) is -0.712. The maximum absolute atomic E-state index is 13.2. The number of aromatic amines is 1. The first kappa shape index (κ1) is 20.9. The lowest BCUT2D eigenvalue weighted by Gasteiger charge is -2.12. The fourth-order valence-corrected chi connectivity index (χ4v) is 3.17. The molecule has 4 rings (SSSR count). The van der Waals surface area contributed by atoms with E-state index in [0.29, 0.717) is 23.4 Å². The SMILES string of the molecule is CCCCOc1ccc2c(C(=O)c3ccccc3)cc(C(=O)Nc3nn[nH]n3)c(=O)n2c1. The Kier molecular flexibility index (Phi) is 6.02. The first-order valence-corrected chi connectivity index (χ1v) is 10.0. The second-order valence-electron chi connectivity index (χ2n) is 6.98. The van der Waals surface area contributed by atoms with Gasteiger partial charge in [0, 0.05) is 11.1 Å². The van der Waals surface area contributed by atoms with Gasteiger partial charge in [0.25, 0.3) is 17.4 Å². The summed E-state index contributed by atoms with van der Waals surface area (Å²) in [6.07, 6.45) is 3.31. The highest BCUT2D eigenvalue weighted by atomic mass is 16.5. The number of anilines is 1. The largest absolute Gasteiger partial charge is 0.492 e. The molecular weight excluding hydrogens is 412 g/mol. The summed E-state index contributed by atoms with van der Waals surface area (Å²) in [6, 6.07) is 13.3. The van der Waals surface area contributed by atoms with Crippen molar-refractivity contribution >= 4 is 23.2 Å². The highest BCUT2D eigenvalue weighted by molar-refractivity contribution is 6.14. The van der Waals surface area contributed by atoms with Crippen LogP contribution in [-0.2, 0) is 0 Å². The third kappa shape index (κ3) is 4.24. The summed E-state index contributed by atoms with van der Waals surface area (Å²) < 4.78 is 6.96. The normalized spacial score (nSPS) is 10.8. The summed E-state index contributed by atoms with van der Waals surface area (Å²) in [5, 5.41) is 15.3. The number of carbonyl (C=O) groups is 2. The van der Waals surface area contributed by atoms with Crippen molar-refractivity contribution in [2.45, 2.75) is 19.8 Å². The average molecular weight is 432 g/mol. The van der Waals surface area contributed by atoms with Gasteiger partial charge in [0.2, 0.25) is 0 Å². The van der Waals surface area contributed by atoms with Crippen LogP contribution in [0.5, 0.6) is 5.75 Å². The summed E-state index contributed by atoms with van der Waals surface area (Å²) in [7, 11) is 0. The molecule has 0 fully saturated rings. The van der Waals surface area contributed by atoms with Crippen LogP contribution >= 0.6 is 0 Å². The number of fused-ring (bicyclic) bond motifs is 1. The third-order valence-corrected chi connectivity index (χ3v) is 4.80. The molecule has 0 spiro atoms. The molecule has 0 aliphatic rings. The minimum Gasteiger partial charge on any atom is -0.492 e. The first-order valence-electron chi connectivity index (χ1n) is 10.0. The molecule has 0 radical (unpaired) electrons. The van der Waals surface area contributed by atoms with Crippen LogP contribution in [0, 0.1) is 0 Å². The van der Waals surface area contributed by atoms with Crippen molar-refractivity contribution in [2.75, 3.05) is 11.9 Å². The predicted octanol–water partition coefficient (Wildman–Crippen LogP) is 2.47. The molecule has 3 heterocycles. The number of aromatic nitrogens is 5. The lowest BCUT2D eigenvalue weighted by atomic mass is 10.0. The summed E-state index contributed by atoms with van der Waals surface area (Å²) >= 11 is 0. The van der Waals surface area contributed by atoms with Crippen molar-refractivity contribution in [1.29, 1.82) is 0 Å². The number of nitrogens with zero attached hydrogens (tertiary/aromatic N) is 4. The van der Waals surface area contributed by atoms with Gasteiger partial charge in [-0.2, -0.15) is 5.21 Å². The van der Waals surface area contributed by atoms with E-state index in [1.165, 1.54) is 16.7 Å². The Morgan fingerprint density at radius 3 is 2.66 bits per heavy atom. The first-order chi connectivity index (χ1) is 15.6. The fraction of sp³-hybridized carbons (Fsp3) is 0.182. The van der Waals surface area contributed by atoms with E-state index in [9.17, 15) is 14.4 Å². The van der Waals surface area contributed by atoms with E-state index < -0.39 is 11.5 Å². The number of rotatable bonds is 8. The number of hydrogen-bond donors (Lipinski definition) is 2. The number of H-pyrrole nitrogens is 1. The van der Waals surface area contributed by atoms with E-state index >= 15 is 0 Å². The molecule has 0 aliphatic heterocycles.